The van der Waals surface area contributed by atoms with E-state index in [0.717, 1.165) is 28.9 Å². The van der Waals surface area contributed by atoms with Gasteiger partial charge in [-0.15, -0.1) is 0 Å². The minimum Gasteiger partial charge on any atom is -0.298 e. The van der Waals surface area contributed by atoms with Crippen molar-refractivity contribution < 1.29 is 4.79 Å². The van der Waals surface area contributed by atoms with Gasteiger partial charge in [-0.2, -0.15) is 0 Å². The summed E-state index contributed by atoms with van der Waals surface area (Å²) in [5.41, 5.74) is 2.20. The van der Waals surface area contributed by atoms with E-state index in [1.807, 2.05) is 12.1 Å². The van der Waals surface area contributed by atoms with Crippen molar-refractivity contribution in [2.24, 2.45) is 5.92 Å². The molecule has 0 N–H and O–H groups in total. The third kappa shape index (κ3) is 2.15. The zero-order chi connectivity index (χ0) is 11.8. The van der Waals surface area contributed by atoms with E-state index in [0.29, 0.717) is 5.92 Å². The van der Waals surface area contributed by atoms with Crippen LogP contribution in [0.2, 0.25) is 5.02 Å². The smallest absolute Gasteiger partial charge is 0.150 e. The molecule has 0 amide bonds. The molecule has 0 radical (unpaired) electrons. The van der Waals surface area contributed by atoms with Gasteiger partial charge in [0.15, 0.2) is 0 Å². The Bertz CT molecular complexity index is 405. The molecule has 2 rings (SSSR count). The van der Waals surface area contributed by atoms with Crippen molar-refractivity contribution in [3.05, 3.63) is 34.3 Å². The van der Waals surface area contributed by atoms with Crippen LogP contribution in [-0.2, 0) is 5.41 Å². The molecule has 0 aliphatic heterocycles. The van der Waals surface area contributed by atoms with Crippen LogP contribution < -0.4 is 0 Å². The Balaban J connectivity index is 2.39. The highest BCUT2D eigenvalue weighted by atomic mass is 35.5. The molecule has 0 unspecified atom stereocenters. The summed E-state index contributed by atoms with van der Waals surface area (Å²) in [6, 6.07) is 5.60. The molecular weight excluding hydrogens is 220 g/mol. The van der Waals surface area contributed by atoms with Crippen LogP contribution in [0.15, 0.2) is 18.2 Å². The Morgan fingerprint density at radius 2 is 2.12 bits per heavy atom. The number of carbonyl (C=O) groups is 1. The van der Waals surface area contributed by atoms with Crippen molar-refractivity contribution in [3.63, 3.8) is 0 Å². The predicted molar refractivity (Wildman–Crippen MR) is 67.2 cm³/mol. The molecule has 86 valence electrons. The molecule has 1 aliphatic carbocycles. The predicted octanol–water partition coefficient (Wildman–Crippen LogP) is 4.23. The van der Waals surface area contributed by atoms with E-state index in [2.05, 4.69) is 13.8 Å². The molecule has 1 nitrogen and oxygen atoms in total. The standard InChI is InChI=1S/C14H17ClO/c1-10(2)8-14(5-6-14)13-7-12(15)4-3-11(13)9-16/h3-4,7,9-10H,5-6,8H2,1-2H3. The molecule has 0 atom stereocenters. The van der Waals surface area contributed by atoms with Crippen molar-refractivity contribution in [3.8, 4) is 0 Å². The number of benzene rings is 1. The molecular formula is C14H17ClO. The van der Waals surface area contributed by atoms with Gasteiger partial charge in [-0.1, -0.05) is 25.4 Å². The fourth-order valence-corrected chi connectivity index (χ4v) is 2.78. The number of hydrogen-bond acceptors (Lipinski definition) is 1. The average Bonchev–Trinajstić information content (AvgIpc) is 2.98. The molecule has 0 spiro atoms. The summed E-state index contributed by atoms with van der Waals surface area (Å²) in [7, 11) is 0. The van der Waals surface area contributed by atoms with Crippen LogP contribution in [0.4, 0.5) is 0 Å². The second kappa shape index (κ2) is 4.21. The molecule has 0 bridgehead atoms. The quantitative estimate of drug-likeness (QED) is 0.715. The first kappa shape index (κ1) is 11.7. The van der Waals surface area contributed by atoms with Gasteiger partial charge in [0.05, 0.1) is 0 Å². The lowest BCUT2D eigenvalue weighted by atomic mass is 9.85. The minimum atomic E-state index is 0.231. The second-order valence-corrected chi connectivity index (χ2v) is 5.66. The average molecular weight is 237 g/mol. The highest BCUT2D eigenvalue weighted by Crippen LogP contribution is 2.53. The van der Waals surface area contributed by atoms with Gasteiger partial charge in [-0.25, -0.2) is 0 Å². The summed E-state index contributed by atoms with van der Waals surface area (Å²) in [6.45, 7) is 4.45. The minimum absolute atomic E-state index is 0.231. The van der Waals surface area contributed by atoms with E-state index in [1.165, 1.54) is 12.8 Å². The molecule has 2 heteroatoms. The van der Waals surface area contributed by atoms with Crippen LogP contribution in [0, 0.1) is 5.92 Å². The highest BCUT2D eigenvalue weighted by Gasteiger charge is 2.45. The molecule has 1 fully saturated rings. The van der Waals surface area contributed by atoms with E-state index >= 15 is 0 Å². The molecule has 1 aromatic rings. The summed E-state index contributed by atoms with van der Waals surface area (Å²) < 4.78 is 0. The molecule has 16 heavy (non-hydrogen) atoms. The molecule has 0 aromatic heterocycles. The summed E-state index contributed by atoms with van der Waals surface area (Å²) in [6.07, 6.45) is 4.47. The van der Waals surface area contributed by atoms with Crippen LogP contribution in [0.1, 0.15) is 49.0 Å². The van der Waals surface area contributed by atoms with Gasteiger partial charge in [-0.3, -0.25) is 4.79 Å². The third-order valence-corrected chi connectivity index (χ3v) is 3.60. The third-order valence-electron chi connectivity index (χ3n) is 3.37. The van der Waals surface area contributed by atoms with Crippen LogP contribution in [0.5, 0.6) is 0 Å². The maximum Gasteiger partial charge on any atom is 0.150 e. The van der Waals surface area contributed by atoms with Crippen LogP contribution in [-0.4, -0.2) is 6.29 Å². The summed E-state index contributed by atoms with van der Waals surface area (Å²) in [5.74, 6) is 0.654. The van der Waals surface area contributed by atoms with Crippen molar-refractivity contribution in [2.45, 2.75) is 38.5 Å². The first-order chi connectivity index (χ1) is 7.57. The van der Waals surface area contributed by atoms with E-state index in [4.69, 9.17) is 11.6 Å². The zero-order valence-corrected chi connectivity index (χ0v) is 10.6. The Kier molecular flexibility index (Phi) is 3.07. The Morgan fingerprint density at radius 3 is 2.62 bits per heavy atom. The van der Waals surface area contributed by atoms with Gasteiger partial charge in [-0.05, 0) is 54.4 Å². The molecule has 1 aromatic carbocycles. The van der Waals surface area contributed by atoms with Gasteiger partial charge < -0.3 is 0 Å². The lowest BCUT2D eigenvalue weighted by Gasteiger charge is -2.20. The van der Waals surface area contributed by atoms with Crippen LogP contribution in [0.3, 0.4) is 0 Å². The second-order valence-electron chi connectivity index (χ2n) is 5.23. The number of halogens is 1. The van der Waals surface area contributed by atoms with Crippen LogP contribution >= 0.6 is 11.6 Å². The van der Waals surface area contributed by atoms with E-state index in [1.54, 1.807) is 6.07 Å². The lowest BCUT2D eigenvalue weighted by molar-refractivity contribution is 0.112. The maximum absolute atomic E-state index is 11.1. The summed E-state index contributed by atoms with van der Waals surface area (Å²) >= 11 is 6.03. The Labute approximate surface area is 102 Å². The van der Waals surface area contributed by atoms with Crippen LogP contribution in [0.25, 0.3) is 0 Å². The van der Waals surface area contributed by atoms with Gasteiger partial charge in [0.2, 0.25) is 0 Å². The highest BCUT2D eigenvalue weighted by molar-refractivity contribution is 6.30. The fourth-order valence-electron chi connectivity index (χ4n) is 2.61. The number of carbonyl (C=O) groups excluding carboxylic acids is 1. The first-order valence-corrected chi connectivity index (χ1v) is 6.20. The summed E-state index contributed by atoms with van der Waals surface area (Å²) in [5, 5.41) is 0.732. The normalized spacial score (nSPS) is 17.5. The number of hydrogen-bond donors (Lipinski definition) is 0. The van der Waals surface area contributed by atoms with E-state index in [-0.39, 0.29) is 5.41 Å². The molecule has 1 saturated carbocycles. The van der Waals surface area contributed by atoms with Crippen molar-refractivity contribution in [2.75, 3.05) is 0 Å². The van der Waals surface area contributed by atoms with Gasteiger partial charge in [0.25, 0.3) is 0 Å². The maximum atomic E-state index is 11.1. The summed E-state index contributed by atoms with van der Waals surface area (Å²) in [4.78, 5) is 11.1. The number of rotatable bonds is 4. The largest absolute Gasteiger partial charge is 0.298 e. The van der Waals surface area contributed by atoms with Crippen molar-refractivity contribution in [1.29, 1.82) is 0 Å². The number of aldehydes is 1. The molecule has 0 heterocycles. The first-order valence-electron chi connectivity index (χ1n) is 5.83. The fraction of sp³-hybridized carbons (Fsp3) is 0.500. The van der Waals surface area contributed by atoms with Gasteiger partial charge in [0, 0.05) is 10.6 Å². The van der Waals surface area contributed by atoms with E-state index in [9.17, 15) is 4.79 Å². The van der Waals surface area contributed by atoms with Gasteiger partial charge in [0.1, 0.15) is 6.29 Å². The van der Waals surface area contributed by atoms with Crippen molar-refractivity contribution >= 4 is 17.9 Å². The zero-order valence-electron chi connectivity index (χ0n) is 9.79. The monoisotopic (exact) mass is 236 g/mol. The van der Waals surface area contributed by atoms with E-state index < -0.39 is 0 Å². The Morgan fingerprint density at radius 1 is 1.44 bits per heavy atom. The topological polar surface area (TPSA) is 17.1 Å². The Hall–Kier alpha value is -0.820. The molecule has 0 saturated heterocycles. The van der Waals surface area contributed by atoms with Gasteiger partial charge >= 0.3 is 0 Å². The van der Waals surface area contributed by atoms with Crippen molar-refractivity contribution in [1.82, 2.24) is 0 Å². The lowest BCUT2D eigenvalue weighted by Crippen LogP contribution is -2.12. The molecule has 1 aliphatic rings. The SMILES string of the molecule is CC(C)CC1(c2cc(Cl)ccc2C=O)CC1.